The van der Waals surface area contributed by atoms with Gasteiger partial charge >= 0.3 is 0 Å². The first-order valence-electron chi connectivity index (χ1n) is 10.2. The summed E-state index contributed by atoms with van der Waals surface area (Å²) < 4.78 is 13.7. The second kappa shape index (κ2) is 8.66. The molecule has 1 aliphatic heterocycles. The molecule has 5 heterocycles. The van der Waals surface area contributed by atoms with Crippen molar-refractivity contribution in [3.05, 3.63) is 60.9 Å². The predicted molar refractivity (Wildman–Crippen MR) is 117 cm³/mol. The number of nitrogens with zero attached hydrogens (tertiary/aromatic N) is 5. The van der Waals surface area contributed by atoms with E-state index >= 15 is 0 Å². The second-order valence-electron chi connectivity index (χ2n) is 7.36. The molecular formula is C22H23N7O2. The van der Waals surface area contributed by atoms with E-state index in [9.17, 15) is 0 Å². The standard InChI is InChI=1S/C22H23N7O2/c1-15-8-19(20(12-26-15)31-14-18-11-24-5-7-30-18)16-2-6-29-17(9-16)10-21(28-29)27-22-13-23-3-4-25-22/h2-4,6,8-10,12-13,18,24H,5,7,11,14H2,1H3,(H,25,27,28)/t18-/m0/s1. The van der Waals surface area contributed by atoms with Crippen LogP contribution in [0.4, 0.5) is 11.6 Å². The van der Waals surface area contributed by atoms with Gasteiger partial charge in [0.1, 0.15) is 24.3 Å². The number of rotatable bonds is 6. The molecule has 0 unspecified atom stereocenters. The largest absolute Gasteiger partial charge is 0.489 e. The van der Waals surface area contributed by atoms with E-state index < -0.39 is 0 Å². The average molecular weight is 417 g/mol. The molecule has 2 N–H and O–H groups in total. The summed E-state index contributed by atoms with van der Waals surface area (Å²) in [6.45, 7) is 4.83. The molecule has 0 aromatic carbocycles. The fourth-order valence-corrected chi connectivity index (χ4v) is 3.52. The van der Waals surface area contributed by atoms with Gasteiger partial charge in [0.05, 0.1) is 24.5 Å². The number of fused-ring (bicyclic) bond motifs is 1. The number of nitrogens with one attached hydrogen (secondary N) is 2. The molecule has 0 saturated carbocycles. The van der Waals surface area contributed by atoms with Crippen molar-refractivity contribution in [2.45, 2.75) is 13.0 Å². The van der Waals surface area contributed by atoms with Crippen molar-refractivity contribution in [2.75, 3.05) is 31.6 Å². The van der Waals surface area contributed by atoms with Crippen LogP contribution in [0.3, 0.4) is 0 Å². The van der Waals surface area contributed by atoms with Crippen molar-refractivity contribution < 1.29 is 9.47 Å². The summed E-state index contributed by atoms with van der Waals surface area (Å²) in [5.74, 6) is 2.08. The van der Waals surface area contributed by atoms with Crippen LogP contribution in [-0.2, 0) is 4.74 Å². The third-order valence-corrected chi connectivity index (χ3v) is 5.03. The van der Waals surface area contributed by atoms with E-state index in [1.807, 2.05) is 35.8 Å². The third kappa shape index (κ3) is 4.47. The van der Waals surface area contributed by atoms with Crippen LogP contribution in [0.1, 0.15) is 5.69 Å². The molecule has 0 aliphatic carbocycles. The molecular weight excluding hydrogens is 394 g/mol. The van der Waals surface area contributed by atoms with Crippen LogP contribution in [0, 0.1) is 6.92 Å². The monoisotopic (exact) mass is 417 g/mol. The van der Waals surface area contributed by atoms with Crippen LogP contribution in [-0.4, -0.2) is 57.0 Å². The number of aromatic nitrogens is 5. The summed E-state index contributed by atoms with van der Waals surface area (Å²) in [4.78, 5) is 12.7. The molecule has 9 nitrogen and oxygen atoms in total. The third-order valence-electron chi connectivity index (χ3n) is 5.03. The summed E-state index contributed by atoms with van der Waals surface area (Å²) in [6.07, 6.45) is 8.68. The molecule has 31 heavy (non-hydrogen) atoms. The highest BCUT2D eigenvalue weighted by molar-refractivity contribution is 5.75. The van der Waals surface area contributed by atoms with Gasteiger partial charge in [0, 0.05) is 49.0 Å². The second-order valence-corrected chi connectivity index (χ2v) is 7.36. The first kappa shape index (κ1) is 19.4. The summed E-state index contributed by atoms with van der Waals surface area (Å²) in [7, 11) is 0. The number of hydrogen-bond donors (Lipinski definition) is 2. The van der Waals surface area contributed by atoms with Crippen LogP contribution in [0.15, 0.2) is 55.2 Å². The Bertz CT molecular complexity index is 1170. The fraction of sp³-hybridized carbons (Fsp3) is 0.273. The summed E-state index contributed by atoms with van der Waals surface area (Å²) >= 11 is 0. The van der Waals surface area contributed by atoms with Crippen molar-refractivity contribution in [1.82, 2.24) is 29.9 Å². The minimum atomic E-state index is 0.0370. The molecule has 1 atom stereocenters. The zero-order chi connectivity index (χ0) is 21.0. The molecule has 1 saturated heterocycles. The molecule has 5 rings (SSSR count). The maximum atomic E-state index is 6.10. The van der Waals surface area contributed by atoms with Crippen molar-refractivity contribution in [1.29, 1.82) is 0 Å². The quantitative estimate of drug-likeness (QED) is 0.494. The summed E-state index contributed by atoms with van der Waals surface area (Å²) in [5, 5.41) is 11.0. The number of ether oxygens (including phenoxy) is 2. The zero-order valence-corrected chi connectivity index (χ0v) is 17.2. The maximum absolute atomic E-state index is 6.10. The van der Waals surface area contributed by atoms with E-state index in [0.29, 0.717) is 24.8 Å². The minimum absolute atomic E-state index is 0.0370. The average Bonchev–Trinajstić information content (AvgIpc) is 3.21. The smallest absolute Gasteiger partial charge is 0.154 e. The molecule has 0 amide bonds. The lowest BCUT2D eigenvalue weighted by Crippen LogP contribution is -2.41. The van der Waals surface area contributed by atoms with E-state index in [2.05, 4.69) is 36.8 Å². The van der Waals surface area contributed by atoms with Crippen molar-refractivity contribution in [2.24, 2.45) is 0 Å². The Morgan fingerprint density at radius 1 is 1.19 bits per heavy atom. The van der Waals surface area contributed by atoms with Crippen LogP contribution in [0.25, 0.3) is 16.6 Å². The molecule has 1 fully saturated rings. The lowest BCUT2D eigenvalue weighted by Gasteiger charge is -2.24. The van der Waals surface area contributed by atoms with E-state index in [-0.39, 0.29) is 6.10 Å². The van der Waals surface area contributed by atoms with Gasteiger partial charge in [0.15, 0.2) is 5.82 Å². The molecule has 0 radical (unpaired) electrons. The number of morpholine rings is 1. The predicted octanol–water partition coefficient (Wildman–Crippen LogP) is 2.61. The Kier molecular flexibility index (Phi) is 5.42. The first-order chi connectivity index (χ1) is 15.2. The zero-order valence-electron chi connectivity index (χ0n) is 17.2. The van der Waals surface area contributed by atoms with Crippen molar-refractivity contribution >= 4 is 17.2 Å². The molecule has 1 aliphatic rings. The lowest BCUT2D eigenvalue weighted by atomic mass is 10.1. The molecule has 4 aromatic heterocycles. The van der Waals surface area contributed by atoms with Gasteiger partial charge in [-0.15, -0.1) is 0 Å². The fourth-order valence-electron chi connectivity index (χ4n) is 3.52. The minimum Gasteiger partial charge on any atom is -0.489 e. The highest BCUT2D eigenvalue weighted by atomic mass is 16.5. The Morgan fingerprint density at radius 3 is 3.00 bits per heavy atom. The van der Waals surface area contributed by atoms with Gasteiger partial charge < -0.3 is 20.1 Å². The van der Waals surface area contributed by atoms with E-state index in [1.54, 1.807) is 24.8 Å². The van der Waals surface area contributed by atoms with Gasteiger partial charge in [-0.1, -0.05) is 0 Å². The SMILES string of the molecule is Cc1cc(-c2ccn3nc(Nc4cnccn4)cc3c2)c(OC[C@@H]2CNCCO2)cn1. The topological polar surface area (TPSA) is 98.5 Å². The van der Waals surface area contributed by atoms with Gasteiger partial charge in [-0.2, -0.15) is 5.10 Å². The first-order valence-corrected chi connectivity index (χ1v) is 10.2. The van der Waals surface area contributed by atoms with Gasteiger partial charge in [0.25, 0.3) is 0 Å². The van der Waals surface area contributed by atoms with Gasteiger partial charge in [-0.25, -0.2) is 9.50 Å². The van der Waals surface area contributed by atoms with Crippen molar-refractivity contribution in [3.8, 4) is 16.9 Å². The molecule has 9 heteroatoms. The highest BCUT2D eigenvalue weighted by Gasteiger charge is 2.16. The van der Waals surface area contributed by atoms with Crippen LogP contribution >= 0.6 is 0 Å². The number of aryl methyl sites for hydroxylation is 1. The van der Waals surface area contributed by atoms with Gasteiger partial charge in [-0.3, -0.25) is 9.97 Å². The van der Waals surface area contributed by atoms with Gasteiger partial charge in [0.2, 0.25) is 0 Å². The Balaban J connectivity index is 1.41. The van der Waals surface area contributed by atoms with E-state index in [0.717, 1.165) is 41.2 Å². The lowest BCUT2D eigenvalue weighted by molar-refractivity contribution is 0.000245. The van der Waals surface area contributed by atoms with Crippen LogP contribution in [0.5, 0.6) is 5.75 Å². The summed E-state index contributed by atoms with van der Waals surface area (Å²) in [6, 6.07) is 8.10. The molecule has 0 spiro atoms. The summed E-state index contributed by atoms with van der Waals surface area (Å²) in [5.41, 5.74) is 3.89. The number of anilines is 2. The highest BCUT2D eigenvalue weighted by Crippen LogP contribution is 2.31. The molecule has 4 aromatic rings. The Labute approximate surface area is 179 Å². The van der Waals surface area contributed by atoms with Crippen molar-refractivity contribution in [3.63, 3.8) is 0 Å². The molecule has 0 bridgehead atoms. The maximum Gasteiger partial charge on any atom is 0.154 e. The Morgan fingerprint density at radius 2 is 2.16 bits per heavy atom. The number of hydrogen-bond acceptors (Lipinski definition) is 8. The molecule has 158 valence electrons. The van der Waals surface area contributed by atoms with Gasteiger partial charge in [-0.05, 0) is 30.7 Å². The number of pyridine rings is 2. The van der Waals surface area contributed by atoms with Crippen LogP contribution in [0.2, 0.25) is 0 Å². The normalized spacial score (nSPS) is 16.4. The Hall–Kier alpha value is -3.56. The van der Waals surface area contributed by atoms with E-state index in [1.165, 1.54) is 0 Å². The van der Waals surface area contributed by atoms with Crippen LogP contribution < -0.4 is 15.4 Å². The van der Waals surface area contributed by atoms with E-state index in [4.69, 9.17) is 9.47 Å².